The lowest BCUT2D eigenvalue weighted by atomic mass is 9.49. The number of hydrogen-bond donors (Lipinski definition) is 1. The van der Waals surface area contributed by atoms with Crippen molar-refractivity contribution in [3.63, 3.8) is 0 Å². The lowest BCUT2D eigenvalue weighted by molar-refractivity contribution is -0.152. The van der Waals surface area contributed by atoms with Crippen LogP contribution in [0.5, 0.6) is 11.5 Å². The molecule has 2 amide bonds. The maximum absolute atomic E-state index is 13.6. The number of nitrogens with zero attached hydrogens (tertiary/aromatic N) is 1. The lowest BCUT2D eigenvalue weighted by Gasteiger charge is -2.55. The van der Waals surface area contributed by atoms with E-state index in [1.807, 2.05) is 43.3 Å². The maximum atomic E-state index is 13.6. The van der Waals surface area contributed by atoms with Gasteiger partial charge in [0.05, 0.1) is 20.5 Å². The first kappa shape index (κ1) is 28.3. The largest absolute Gasteiger partial charge is 0.490 e. The monoisotopic (exact) mass is 708 g/mol. The molecule has 1 heterocycles. The second-order valence-corrected chi connectivity index (χ2v) is 14.6. The number of amides is 2. The van der Waals surface area contributed by atoms with Gasteiger partial charge >= 0.3 is 0 Å². The second kappa shape index (κ2) is 11.5. The topological polar surface area (TPSA) is 67.9 Å². The summed E-state index contributed by atoms with van der Waals surface area (Å²) in [5.41, 5.74) is 4.35. The number of ether oxygens (including phenoxy) is 2. The number of hydrazine groups is 1. The summed E-state index contributed by atoms with van der Waals surface area (Å²) in [7, 11) is 0. The van der Waals surface area contributed by atoms with Crippen LogP contribution in [0.4, 0.5) is 0 Å². The molecule has 0 aromatic heterocycles. The molecule has 1 saturated heterocycles. The summed E-state index contributed by atoms with van der Waals surface area (Å²) in [4.78, 5) is 27.4. The van der Waals surface area contributed by atoms with Gasteiger partial charge in [-0.1, -0.05) is 35.5 Å². The molecule has 0 unspecified atom stereocenters. The molecular weight excluding hydrogens is 679 g/mol. The van der Waals surface area contributed by atoms with Crippen LogP contribution in [-0.4, -0.2) is 27.8 Å². The fourth-order valence-electron chi connectivity index (χ4n) is 7.13. The Bertz CT molecular complexity index is 1360. The number of nitrogens with one attached hydrogen (secondary N) is 1. The lowest BCUT2D eigenvalue weighted by Crippen LogP contribution is -2.57. The van der Waals surface area contributed by atoms with Gasteiger partial charge in [-0.15, -0.1) is 0 Å². The third-order valence-electron chi connectivity index (χ3n) is 8.45. The van der Waals surface area contributed by atoms with Gasteiger partial charge in [0.15, 0.2) is 15.8 Å². The number of carbonyl (C=O) groups is 2. The van der Waals surface area contributed by atoms with Crippen molar-refractivity contribution in [2.45, 2.75) is 52.1 Å². The van der Waals surface area contributed by atoms with Crippen molar-refractivity contribution in [3.8, 4) is 11.5 Å². The van der Waals surface area contributed by atoms with Crippen LogP contribution in [0.1, 0.15) is 56.6 Å². The Balaban J connectivity index is 1.18. The van der Waals surface area contributed by atoms with E-state index in [4.69, 9.17) is 33.3 Å². The van der Waals surface area contributed by atoms with Gasteiger partial charge in [-0.3, -0.25) is 15.0 Å². The van der Waals surface area contributed by atoms with Crippen molar-refractivity contribution in [1.29, 1.82) is 0 Å². The van der Waals surface area contributed by atoms with E-state index in [9.17, 15) is 9.59 Å². The van der Waals surface area contributed by atoms with Gasteiger partial charge in [-0.2, -0.15) is 5.01 Å². The van der Waals surface area contributed by atoms with Gasteiger partial charge in [-0.25, -0.2) is 0 Å². The van der Waals surface area contributed by atoms with Crippen molar-refractivity contribution in [1.82, 2.24) is 10.4 Å². The molecule has 2 aromatic carbocycles. The Morgan fingerprint density at radius 2 is 1.80 bits per heavy atom. The average Bonchev–Trinajstić information content (AvgIpc) is 3.16. The summed E-state index contributed by atoms with van der Waals surface area (Å²) in [6.07, 6.45) is 8.35. The zero-order valence-electron chi connectivity index (χ0n) is 22.1. The predicted octanol–water partition coefficient (Wildman–Crippen LogP) is 7.37. The summed E-state index contributed by atoms with van der Waals surface area (Å²) < 4.78 is 13.2. The van der Waals surface area contributed by atoms with Crippen molar-refractivity contribution in [2.24, 2.45) is 23.2 Å². The molecule has 10 heteroatoms. The number of thioether (sulfide) groups is 1. The first-order valence-corrected chi connectivity index (χ1v) is 16.3. The molecule has 210 valence electrons. The second-order valence-electron chi connectivity index (χ2n) is 11.3. The molecule has 0 radical (unpaired) electrons. The van der Waals surface area contributed by atoms with Gasteiger partial charge in [0, 0.05) is 5.02 Å². The number of rotatable bonds is 8. The van der Waals surface area contributed by atoms with Crippen LogP contribution in [-0.2, 0) is 16.2 Å². The molecule has 1 aliphatic heterocycles. The van der Waals surface area contributed by atoms with Crippen LogP contribution < -0.4 is 14.9 Å². The van der Waals surface area contributed by atoms with Crippen LogP contribution in [0.15, 0.2) is 41.3 Å². The fourth-order valence-corrected chi connectivity index (χ4v) is 9.22. The van der Waals surface area contributed by atoms with E-state index in [2.05, 4.69) is 28.0 Å². The summed E-state index contributed by atoms with van der Waals surface area (Å²) in [5, 5.41) is 1.94. The molecule has 4 aliphatic carbocycles. The van der Waals surface area contributed by atoms with E-state index in [1.54, 1.807) is 6.08 Å². The van der Waals surface area contributed by atoms with E-state index < -0.39 is 0 Å². The molecule has 4 bridgehead atoms. The Labute approximate surface area is 262 Å². The van der Waals surface area contributed by atoms with E-state index in [1.165, 1.54) is 36.0 Å². The Hall–Kier alpha value is -1.82. The molecule has 40 heavy (non-hydrogen) atoms. The van der Waals surface area contributed by atoms with Crippen LogP contribution >= 0.6 is 58.2 Å². The predicted molar refractivity (Wildman–Crippen MR) is 170 cm³/mol. The highest BCUT2D eigenvalue weighted by Crippen LogP contribution is 2.60. The fraction of sp³-hybridized carbons (Fsp3) is 0.433. The summed E-state index contributed by atoms with van der Waals surface area (Å²) in [6, 6.07) is 11.3. The molecule has 1 N–H and O–H groups in total. The minimum Gasteiger partial charge on any atom is -0.490 e. The number of benzene rings is 2. The number of hydrogen-bond acceptors (Lipinski definition) is 6. The normalized spacial score (nSPS) is 27.9. The molecule has 4 saturated carbocycles. The third kappa shape index (κ3) is 5.63. The Morgan fingerprint density at radius 3 is 2.42 bits per heavy atom. The molecule has 5 fully saturated rings. The van der Waals surface area contributed by atoms with Gasteiger partial charge in [0.1, 0.15) is 6.61 Å². The highest BCUT2D eigenvalue weighted by atomic mass is 127. The molecule has 0 atom stereocenters. The SMILES string of the molecule is CCOc1cc(/C=C2/SC(=S)N(NC(=O)C34CC5CC(CC(C5)C3)C4)C2=O)cc(I)c1OCc1ccc(Cl)cc1. The van der Waals surface area contributed by atoms with Crippen molar-refractivity contribution >= 4 is 80.4 Å². The zero-order chi connectivity index (χ0) is 28.0. The first-order valence-electron chi connectivity index (χ1n) is 13.7. The quantitative estimate of drug-likeness (QED) is 0.176. The summed E-state index contributed by atoms with van der Waals surface area (Å²) in [5.74, 6) is 2.82. The van der Waals surface area contributed by atoms with E-state index in [0.717, 1.165) is 34.0 Å². The Morgan fingerprint density at radius 1 is 1.15 bits per heavy atom. The van der Waals surface area contributed by atoms with Gasteiger partial charge in [0.2, 0.25) is 5.91 Å². The van der Waals surface area contributed by atoms with Crippen LogP contribution in [0.25, 0.3) is 6.08 Å². The van der Waals surface area contributed by atoms with Crippen LogP contribution in [0.3, 0.4) is 0 Å². The van der Waals surface area contributed by atoms with E-state index >= 15 is 0 Å². The van der Waals surface area contributed by atoms with E-state index in [0.29, 0.717) is 56.7 Å². The molecule has 0 spiro atoms. The maximum Gasteiger partial charge on any atom is 0.285 e. The van der Waals surface area contributed by atoms with Crippen LogP contribution in [0, 0.1) is 26.7 Å². The summed E-state index contributed by atoms with van der Waals surface area (Å²) in [6.45, 7) is 2.75. The molecule has 6 nitrogen and oxygen atoms in total. The molecular formula is C30H30ClIN2O4S2. The minimum atomic E-state index is -0.355. The molecule has 2 aromatic rings. The highest BCUT2D eigenvalue weighted by molar-refractivity contribution is 14.1. The van der Waals surface area contributed by atoms with E-state index in [-0.39, 0.29) is 17.2 Å². The molecule has 5 aliphatic rings. The van der Waals surface area contributed by atoms with Gasteiger partial charge in [-0.05, 0) is 139 Å². The standard InChI is InChI=1S/C30H30ClIN2O4S2/c1-2-37-24-11-18(10-23(32)26(24)38-16-17-3-5-22(31)6-4-17)12-25-27(35)34(29(39)40-25)33-28(36)30-13-19-7-20(14-30)9-21(8-19)15-30/h3-6,10-12,19-21H,2,7-9,13-16H2,1H3,(H,33,36)/b25-12+. The Kier molecular flexibility index (Phi) is 8.11. The first-order chi connectivity index (χ1) is 19.2. The average molecular weight is 709 g/mol. The minimum absolute atomic E-state index is 0.0421. The van der Waals surface area contributed by atoms with Gasteiger partial charge < -0.3 is 9.47 Å². The third-order valence-corrected chi connectivity index (χ3v) is 10.8. The number of thiocarbonyl (C=S) groups is 1. The smallest absolute Gasteiger partial charge is 0.285 e. The van der Waals surface area contributed by atoms with Gasteiger partial charge in [0.25, 0.3) is 5.91 Å². The van der Waals surface area contributed by atoms with Crippen molar-refractivity contribution in [3.05, 3.63) is 61.0 Å². The molecule has 7 rings (SSSR count). The highest BCUT2D eigenvalue weighted by Gasteiger charge is 2.55. The van der Waals surface area contributed by atoms with Crippen LogP contribution in [0.2, 0.25) is 5.02 Å². The zero-order valence-corrected chi connectivity index (χ0v) is 26.6. The van der Waals surface area contributed by atoms with Crippen molar-refractivity contribution < 1.29 is 19.1 Å². The summed E-state index contributed by atoms with van der Waals surface area (Å²) >= 11 is 15.0. The van der Waals surface area contributed by atoms with Crippen molar-refractivity contribution in [2.75, 3.05) is 6.61 Å². The number of carbonyl (C=O) groups excluding carboxylic acids is 2. The number of halogens is 2.